The number of anilines is 1. The number of alkyl halides is 3. The third kappa shape index (κ3) is 4.68. The van der Waals surface area contributed by atoms with Gasteiger partial charge in [0, 0.05) is 29.2 Å². The summed E-state index contributed by atoms with van der Waals surface area (Å²) in [6.45, 7) is 0. The van der Waals surface area contributed by atoms with Crippen LogP contribution in [0, 0.1) is 5.82 Å². The number of halogens is 5. The van der Waals surface area contributed by atoms with Crippen LogP contribution < -0.4 is 5.32 Å². The maximum Gasteiger partial charge on any atom is 0.416 e. The fourth-order valence-corrected chi connectivity index (χ4v) is 3.53. The average molecular weight is 444 g/mol. The molecule has 1 heterocycles. The molecule has 1 N–H and O–H groups in total. The fraction of sp³-hybridized carbons (Fsp3) is 0.105. The van der Waals surface area contributed by atoms with Crippen LogP contribution in [0.25, 0.3) is 0 Å². The molecule has 1 aliphatic heterocycles. The minimum Gasteiger partial charge on any atom is -0.321 e. The van der Waals surface area contributed by atoms with Crippen LogP contribution in [0.4, 0.5) is 23.2 Å². The Morgan fingerprint density at radius 2 is 1.86 bits per heavy atom. The van der Waals surface area contributed by atoms with E-state index in [1.54, 1.807) is 7.05 Å². The Hall–Kier alpha value is -2.65. The molecule has 10 heteroatoms. The molecule has 0 saturated carbocycles. The van der Waals surface area contributed by atoms with E-state index in [0.29, 0.717) is 17.0 Å². The zero-order valence-electron chi connectivity index (χ0n) is 14.9. The van der Waals surface area contributed by atoms with E-state index < -0.39 is 34.3 Å². The second-order valence-corrected chi connectivity index (χ2v) is 7.82. The van der Waals surface area contributed by atoms with Gasteiger partial charge in [0.15, 0.2) is 0 Å². The van der Waals surface area contributed by atoms with Gasteiger partial charge in [0.25, 0.3) is 5.91 Å². The number of rotatable bonds is 3. The minimum atomic E-state index is -4.44. The van der Waals surface area contributed by atoms with Crippen molar-refractivity contribution in [1.82, 2.24) is 4.31 Å². The number of amides is 1. The van der Waals surface area contributed by atoms with E-state index in [0.717, 1.165) is 18.2 Å². The van der Waals surface area contributed by atoms with Crippen LogP contribution in [0.3, 0.4) is 0 Å². The second-order valence-electron chi connectivity index (χ2n) is 6.00. The van der Waals surface area contributed by atoms with Crippen molar-refractivity contribution in [3.05, 3.63) is 76.2 Å². The Morgan fingerprint density at radius 3 is 2.45 bits per heavy atom. The van der Waals surface area contributed by atoms with Crippen LogP contribution in [0.1, 0.15) is 11.1 Å². The number of nitrogens with one attached hydrogen (secondary N) is 1. The van der Waals surface area contributed by atoms with E-state index in [9.17, 15) is 22.4 Å². The van der Waals surface area contributed by atoms with E-state index >= 15 is 0 Å². The lowest BCUT2D eigenvalue weighted by Gasteiger charge is -2.26. The van der Waals surface area contributed by atoms with Crippen molar-refractivity contribution in [3.8, 4) is 0 Å². The molecule has 0 fully saturated rings. The molecule has 0 spiro atoms. The molecule has 2 aromatic carbocycles. The summed E-state index contributed by atoms with van der Waals surface area (Å²) in [6.07, 6.45) is -2.99. The Bertz CT molecular complexity index is 1050. The lowest BCUT2D eigenvalue weighted by Crippen LogP contribution is -2.27. The van der Waals surface area contributed by atoms with Crippen molar-refractivity contribution >= 4 is 45.6 Å². The third-order valence-electron chi connectivity index (χ3n) is 4.05. The van der Waals surface area contributed by atoms with Crippen LogP contribution in [0.15, 0.2) is 58.6 Å². The van der Waals surface area contributed by atoms with Crippen LogP contribution in [-0.2, 0) is 11.0 Å². The molecule has 0 aliphatic carbocycles. The van der Waals surface area contributed by atoms with E-state index in [1.807, 2.05) is 0 Å². The zero-order chi connectivity index (χ0) is 21.3. The first-order valence-corrected chi connectivity index (χ1v) is 9.77. The van der Waals surface area contributed by atoms with Crippen LogP contribution in [-0.4, -0.2) is 28.8 Å². The molecule has 0 saturated heterocycles. The van der Waals surface area contributed by atoms with Crippen molar-refractivity contribution in [2.24, 2.45) is 4.40 Å². The SMILES string of the molecule is C=S1N=C(c2ccc(C(F)(F)F)cc2)C=C(C(=O)Nc2ccc(F)c(Cl)c2)N1C. The van der Waals surface area contributed by atoms with E-state index in [-0.39, 0.29) is 10.7 Å². The van der Waals surface area contributed by atoms with Crippen LogP contribution in [0.5, 0.6) is 0 Å². The normalized spacial score (nSPS) is 16.9. The summed E-state index contributed by atoms with van der Waals surface area (Å²) in [4.78, 5) is 12.7. The minimum absolute atomic E-state index is 0.141. The first-order chi connectivity index (χ1) is 13.6. The molecular formula is C19H14ClF4N3OS. The van der Waals surface area contributed by atoms with Gasteiger partial charge in [-0.3, -0.25) is 4.79 Å². The van der Waals surface area contributed by atoms with Gasteiger partial charge in [-0.05, 0) is 42.3 Å². The molecular weight excluding hydrogens is 430 g/mol. The molecule has 152 valence electrons. The molecule has 4 nitrogen and oxygen atoms in total. The number of hydrogen-bond acceptors (Lipinski definition) is 3. The van der Waals surface area contributed by atoms with Crippen LogP contribution in [0.2, 0.25) is 5.02 Å². The summed E-state index contributed by atoms with van der Waals surface area (Å²) in [5, 5.41) is 2.46. The number of hydrogen-bond donors (Lipinski definition) is 1. The summed E-state index contributed by atoms with van der Waals surface area (Å²) < 4.78 is 57.4. The number of nitrogens with zero attached hydrogens (tertiary/aromatic N) is 2. The summed E-state index contributed by atoms with van der Waals surface area (Å²) in [7, 11) is 0.646. The van der Waals surface area contributed by atoms with Crippen molar-refractivity contribution in [2.45, 2.75) is 6.18 Å². The zero-order valence-corrected chi connectivity index (χ0v) is 16.5. The first-order valence-electron chi connectivity index (χ1n) is 8.08. The standard InChI is InChI=1S/C19H14ClF4N3OS/c1-27-17(18(28)25-13-7-8-15(21)14(20)9-13)10-16(26-29(27)2)11-3-5-12(6-4-11)19(22,23)24/h3-10H,2H2,1H3,(H,25,28). The molecule has 1 atom stereocenters. The molecule has 1 unspecified atom stereocenters. The number of benzene rings is 2. The predicted octanol–water partition coefficient (Wildman–Crippen LogP) is 5.29. The Labute approximate surface area is 171 Å². The van der Waals surface area contributed by atoms with E-state index in [1.165, 1.54) is 34.6 Å². The summed E-state index contributed by atoms with van der Waals surface area (Å²) >= 11 is 5.72. The van der Waals surface area contributed by atoms with Gasteiger partial charge in [0.2, 0.25) is 0 Å². The second kappa shape index (κ2) is 8.00. The van der Waals surface area contributed by atoms with Gasteiger partial charge >= 0.3 is 6.18 Å². The van der Waals surface area contributed by atoms with Gasteiger partial charge in [0.1, 0.15) is 11.5 Å². The molecule has 1 aliphatic rings. The van der Waals surface area contributed by atoms with Gasteiger partial charge in [0.05, 0.1) is 16.3 Å². The number of carbonyl (C=O) groups is 1. The summed E-state index contributed by atoms with van der Waals surface area (Å²) in [6, 6.07) is 8.23. The van der Waals surface area contributed by atoms with Crippen molar-refractivity contribution in [2.75, 3.05) is 12.4 Å². The molecule has 3 rings (SSSR count). The maximum absolute atomic E-state index is 13.3. The molecule has 0 bridgehead atoms. The van der Waals surface area contributed by atoms with Crippen LogP contribution >= 0.6 is 22.5 Å². The first kappa shape index (κ1) is 21.1. The van der Waals surface area contributed by atoms with E-state index in [4.69, 9.17) is 11.6 Å². The lowest BCUT2D eigenvalue weighted by atomic mass is 10.1. The third-order valence-corrected chi connectivity index (χ3v) is 5.58. The lowest BCUT2D eigenvalue weighted by molar-refractivity contribution is -0.137. The van der Waals surface area contributed by atoms with Gasteiger partial charge in [-0.15, -0.1) is 0 Å². The number of carbonyl (C=O) groups excluding carboxylic acids is 1. The highest BCUT2D eigenvalue weighted by Gasteiger charge is 2.30. The largest absolute Gasteiger partial charge is 0.416 e. The highest BCUT2D eigenvalue weighted by atomic mass is 35.5. The van der Waals surface area contributed by atoms with E-state index in [2.05, 4.69) is 15.6 Å². The van der Waals surface area contributed by atoms with Gasteiger partial charge in [-0.25, -0.2) is 8.79 Å². The Kier molecular flexibility index (Phi) is 5.81. The monoisotopic (exact) mass is 443 g/mol. The molecule has 0 radical (unpaired) electrons. The Balaban J connectivity index is 1.88. The topological polar surface area (TPSA) is 44.7 Å². The number of allylic oxidation sites excluding steroid dienone is 1. The average Bonchev–Trinajstić information content (AvgIpc) is 2.66. The van der Waals surface area contributed by atoms with Gasteiger partial charge < -0.3 is 9.62 Å². The fourth-order valence-electron chi connectivity index (χ4n) is 2.48. The molecule has 1 amide bonds. The quantitative estimate of drug-likeness (QED) is 0.517. The molecule has 2 aromatic rings. The van der Waals surface area contributed by atoms with Gasteiger partial charge in [-0.2, -0.15) is 13.2 Å². The highest BCUT2D eigenvalue weighted by Crippen LogP contribution is 2.32. The molecule has 0 aromatic heterocycles. The summed E-state index contributed by atoms with van der Waals surface area (Å²) in [5.41, 5.74) is 0.463. The maximum atomic E-state index is 13.3. The number of likely N-dealkylation sites (N-methyl/N-ethyl adjacent to an activating group) is 1. The highest BCUT2D eigenvalue weighted by molar-refractivity contribution is 8.11. The summed E-state index contributed by atoms with van der Waals surface area (Å²) in [5.74, 6) is 2.74. The smallest absolute Gasteiger partial charge is 0.321 e. The van der Waals surface area contributed by atoms with Crippen molar-refractivity contribution in [1.29, 1.82) is 0 Å². The van der Waals surface area contributed by atoms with Crippen molar-refractivity contribution < 1.29 is 22.4 Å². The molecule has 29 heavy (non-hydrogen) atoms. The Morgan fingerprint density at radius 1 is 1.21 bits per heavy atom. The van der Waals surface area contributed by atoms with Crippen molar-refractivity contribution in [3.63, 3.8) is 0 Å². The predicted molar refractivity (Wildman–Crippen MR) is 109 cm³/mol. The van der Waals surface area contributed by atoms with Gasteiger partial charge in [-0.1, -0.05) is 23.7 Å².